The smallest absolute Gasteiger partial charge is 0.184 e. The monoisotopic (exact) mass is 322 g/mol. The Morgan fingerprint density at radius 3 is 2.71 bits per heavy atom. The molecule has 0 saturated heterocycles. The number of hydrogen-bond acceptors (Lipinski definition) is 5. The summed E-state index contributed by atoms with van der Waals surface area (Å²) < 4.78 is 13.3. The summed E-state index contributed by atoms with van der Waals surface area (Å²) in [6.07, 6.45) is 0. The summed E-state index contributed by atoms with van der Waals surface area (Å²) in [5, 5.41) is 12.0. The van der Waals surface area contributed by atoms with E-state index in [1.807, 2.05) is 60.1 Å². The molecule has 122 valence electrons. The van der Waals surface area contributed by atoms with Crippen molar-refractivity contribution < 1.29 is 9.47 Å². The highest BCUT2D eigenvalue weighted by molar-refractivity contribution is 5.63. The van der Waals surface area contributed by atoms with E-state index in [9.17, 15) is 0 Å². The molecule has 24 heavy (non-hydrogen) atoms. The fourth-order valence-corrected chi connectivity index (χ4v) is 2.74. The Labute approximate surface area is 140 Å². The maximum atomic E-state index is 5.72. The molecule has 6 nitrogen and oxygen atoms in total. The first kappa shape index (κ1) is 14.6. The zero-order valence-electron chi connectivity index (χ0n) is 13.4. The molecule has 2 heterocycles. The van der Waals surface area contributed by atoms with Crippen LogP contribution in [0.15, 0.2) is 48.5 Å². The minimum absolute atomic E-state index is 0.552. The molecule has 0 radical (unpaired) electrons. The number of fused-ring (bicyclic) bond motifs is 1. The Bertz CT molecular complexity index is 845. The van der Waals surface area contributed by atoms with Gasteiger partial charge in [0, 0.05) is 12.6 Å². The van der Waals surface area contributed by atoms with E-state index in [1.165, 1.54) is 0 Å². The highest BCUT2D eigenvalue weighted by Gasteiger charge is 2.16. The molecule has 0 fully saturated rings. The summed E-state index contributed by atoms with van der Waals surface area (Å²) in [5.41, 5.74) is 1.95. The minimum atomic E-state index is 0.552. The van der Waals surface area contributed by atoms with Gasteiger partial charge in [0.1, 0.15) is 13.2 Å². The molecule has 0 aliphatic carbocycles. The maximum absolute atomic E-state index is 5.72. The van der Waals surface area contributed by atoms with Crippen LogP contribution in [0.4, 0.5) is 5.69 Å². The molecule has 0 atom stereocenters. The van der Waals surface area contributed by atoms with Crippen LogP contribution in [0.5, 0.6) is 11.5 Å². The number of aromatic nitrogens is 3. The predicted octanol–water partition coefficient (Wildman–Crippen LogP) is 2.87. The van der Waals surface area contributed by atoms with Gasteiger partial charge in [-0.2, -0.15) is 0 Å². The quantitative estimate of drug-likeness (QED) is 0.800. The van der Waals surface area contributed by atoms with Crippen LogP contribution < -0.4 is 14.8 Å². The number of nitrogens with zero attached hydrogens (tertiary/aromatic N) is 3. The van der Waals surface area contributed by atoms with Crippen molar-refractivity contribution in [2.75, 3.05) is 18.5 Å². The topological polar surface area (TPSA) is 61.2 Å². The molecule has 0 unspecified atom stereocenters. The Morgan fingerprint density at radius 1 is 1.00 bits per heavy atom. The molecule has 4 rings (SSSR count). The third-order valence-electron chi connectivity index (χ3n) is 4.00. The average molecular weight is 322 g/mol. The van der Waals surface area contributed by atoms with Crippen molar-refractivity contribution in [2.45, 2.75) is 6.54 Å². The highest BCUT2D eigenvalue weighted by atomic mass is 16.6. The van der Waals surface area contributed by atoms with Crippen molar-refractivity contribution in [3.63, 3.8) is 0 Å². The minimum Gasteiger partial charge on any atom is -0.486 e. The van der Waals surface area contributed by atoms with E-state index in [2.05, 4.69) is 15.5 Å². The zero-order chi connectivity index (χ0) is 16.4. The molecule has 1 aromatic heterocycles. The van der Waals surface area contributed by atoms with Gasteiger partial charge in [0.25, 0.3) is 0 Å². The van der Waals surface area contributed by atoms with Crippen molar-refractivity contribution in [1.82, 2.24) is 14.8 Å². The van der Waals surface area contributed by atoms with E-state index in [1.54, 1.807) is 0 Å². The summed E-state index contributed by atoms with van der Waals surface area (Å²) in [6, 6.07) is 15.9. The summed E-state index contributed by atoms with van der Waals surface area (Å²) in [7, 11) is 1.97. The molecule has 1 aliphatic rings. The summed E-state index contributed by atoms with van der Waals surface area (Å²) in [5.74, 6) is 3.23. The number of nitrogens with one attached hydrogen (secondary N) is 1. The molecule has 0 spiro atoms. The van der Waals surface area contributed by atoms with E-state index < -0.39 is 0 Å². The van der Waals surface area contributed by atoms with Crippen molar-refractivity contribution in [3.05, 3.63) is 54.4 Å². The van der Waals surface area contributed by atoms with Crippen LogP contribution in [-0.4, -0.2) is 28.0 Å². The number of rotatable bonds is 4. The third-order valence-corrected chi connectivity index (χ3v) is 4.00. The van der Waals surface area contributed by atoms with E-state index in [0.29, 0.717) is 19.8 Å². The van der Waals surface area contributed by atoms with Crippen LogP contribution in [0.2, 0.25) is 0 Å². The fraction of sp³-hybridized carbons (Fsp3) is 0.222. The number of benzene rings is 2. The first-order valence-corrected chi connectivity index (χ1v) is 7.89. The second kappa shape index (κ2) is 6.23. The lowest BCUT2D eigenvalue weighted by molar-refractivity contribution is 0.172. The predicted molar refractivity (Wildman–Crippen MR) is 91.2 cm³/mol. The average Bonchev–Trinajstić information content (AvgIpc) is 3.01. The lowest BCUT2D eigenvalue weighted by Gasteiger charge is -2.21. The Morgan fingerprint density at radius 2 is 1.83 bits per heavy atom. The first-order valence-electron chi connectivity index (χ1n) is 7.89. The van der Waals surface area contributed by atoms with Gasteiger partial charge in [-0.15, -0.1) is 10.2 Å². The number of ether oxygens (including phenoxy) is 2. The second-order valence-corrected chi connectivity index (χ2v) is 5.55. The van der Waals surface area contributed by atoms with Gasteiger partial charge >= 0.3 is 0 Å². The molecule has 0 bridgehead atoms. The van der Waals surface area contributed by atoms with Crippen LogP contribution >= 0.6 is 0 Å². The molecule has 0 saturated carbocycles. The number of anilines is 1. The van der Waals surface area contributed by atoms with E-state index >= 15 is 0 Å². The van der Waals surface area contributed by atoms with Crippen LogP contribution in [0.3, 0.4) is 0 Å². The zero-order valence-corrected chi connectivity index (χ0v) is 13.4. The second-order valence-electron chi connectivity index (χ2n) is 5.55. The van der Waals surface area contributed by atoms with Gasteiger partial charge in [0.15, 0.2) is 23.1 Å². The maximum Gasteiger partial charge on any atom is 0.184 e. The molecule has 2 aromatic carbocycles. The normalized spacial score (nSPS) is 12.9. The molecular formula is C18H18N4O2. The summed E-state index contributed by atoms with van der Waals surface area (Å²) >= 11 is 0. The van der Waals surface area contributed by atoms with E-state index in [4.69, 9.17) is 9.47 Å². The van der Waals surface area contributed by atoms with Crippen LogP contribution in [0.25, 0.3) is 11.4 Å². The molecular weight excluding hydrogens is 304 g/mol. The van der Waals surface area contributed by atoms with Crippen molar-refractivity contribution in [2.24, 2.45) is 7.05 Å². The van der Waals surface area contributed by atoms with Gasteiger partial charge in [0.05, 0.1) is 12.2 Å². The molecule has 6 heteroatoms. The highest BCUT2D eigenvalue weighted by Crippen LogP contribution is 2.37. The largest absolute Gasteiger partial charge is 0.486 e. The van der Waals surface area contributed by atoms with Gasteiger partial charge in [-0.1, -0.05) is 36.4 Å². The van der Waals surface area contributed by atoms with Crippen molar-refractivity contribution in [1.29, 1.82) is 0 Å². The standard InChI is InChI=1S/C18H18N4O2/c1-22-16(20-21-18(22)13-6-3-2-4-7-13)12-19-14-8-5-9-15-17(14)24-11-10-23-15/h2-9,19H,10-12H2,1H3. The van der Waals surface area contributed by atoms with Crippen LogP contribution in [0.1, 0.15) is 5.82 Å². The van der Waals surface area contributed by atoms with Crippen LogP contribution in [0, 0.1) is 0 Å². The molecule has 0 amide bonds. The SMILES string of the molecule is Cn1c(CNc2cccc3c2OCCO3)nnc1-c1ccccc1. The van der Waals surface area contributed by atoms with Crippen molar-refractivity contribution >= 4 is 5.69 Å². The number of para-hydroxylation sites is 1. The molecule has 1 aliphatic heterocycles. The van der Waals surface area contributed by atoms with Gasteiger partial charge in [0.2, 0.25) is 0 Å². The summed E-state index contributed by atoms with van der Waals surface area (Å²) in [4.78, 5) is 0. The fourth-order valence-electron chi connectivity index (χ4n) is 2.74. The lowest BCUT2D eigenvalue weighted by atomic mass is 10.2. The van der Waals surface area contributed by atoms with Crippen molar-refractivity contribution in [3.8, 4) is 22.9 Å². The van der Waals surface area contributed by atoms with E-state index in [0.717, 1.165) is 34.4 Å². The summed E-state index contributed by atoms with van der Waals surface area (Å²) in [6.45, 7) is 1.70. The Kier molecular flexibility index (Phi) is 3.78. The van der Waals surface area contributed by atoms with Gasteiger partial charge in [-0.25, -0.2) is 0 Å². The molecule has 1 N–H and O–H groups in total. The van der Waals surface area contributed by atoms with Gasteiger partial charge < -0.3 is 19.4 Å². The molecule has 3 aromatic rings. The third kappa shape index (κ3) is 2.67. The van der Waals surface area contributed by atoms with Gasteiger partial charge in [-0.3, -0.25) is 0 Å². The van der Waals surface area contributed by atoms with Gasteiger partial charge in [-0.05, 0) is 12.1 Å². The number of hydrogen-bond donors (Lipinski definition) is 1. The lowest BCUT2D eigenvalue weighted by Crippen LogP contribution is -2.17. The van der Waals surface area contributed by atoms with E-state index in [-0.39, 0.29) is 0 Å². The van der Waals surface area contributed by atoms with Crippen LogP contribution in [-0.2, 0) is 13.6 Å². The Hall–Kier alpha value is -3.02. The Balaban J connectivity index is 1.54. The first-order chi connectivity index (χ1) is 11.8.